The van der Waals surface area contributed by atoms with E-state index in [-0.39, 0.29) is 17.9 Å². The van der Waals surface area contributed by atoms with Crippen LogP contribution in [-0.2, 0) is 6.54 Å². The molecule has 27 heavy (non-hydrogen) atoms. The highest BCUT2D eigenvalue weighted by Gasteiger charge is 2.16. The van der Waals surface area contributed by atoms with Gasteiger partial charge in [0.1, 0.15) is 17.4 Å². The summed E-state index contributed by atoms with van der Waals surface area (Å²) >= 11 is 0. The number of aryl methyl sites for hydroxylation is 1. The van der Waals surface area contributed by atoms with E-state index >= 15 is 0 Å². The monoisotopic (exact) mass is 365 g/mol. The number of ether oxygens (including phenoxy) is 1. The lowest BCUT2D eigenvalue weighted by atomic mass is 9.98. The normalized spacial score (nSPS) is 10.4. The average Bonchev–Trinajstić information content (AvgIpc) is 3.10. The lowest BCUT2D eigenvalue weighted by Gasteiger charge is -2.11. The minimum atomic E-state index is -0.567. The number of nitrogens with one attached hydrogen (secondary N) is 1. The lowest BCUT2D eigenvalue weighted by Crippen LogP contribution is -2.13. The van der Waals surface area contributed by atoms with Crippen molar-refractivity contribution in [3.63, 3.8) is 0 Å². The molecular weight excluding hydrogens is 350 g/mol. The number of methoxy groups -OCH3 is 1. The van der Waals surface area contributed by atoms with Gasteiger partial charge in [-0.15, -0.1) is 0 Å². The van der Waals surface area contributed by atoms with Crippen LogP contribution in [0.1, 0.15) is 16.8 Å². The minimum absolute atomic E-state index is 0.0199. The first-order valence-electron chi connectivity index (χ1n) is 7.92. The Labute approximate surface area is 153 Å². The van der Waals surface area contributed by atoms with E-state index < -0.39 is 10.5 Å². The first kappa shape index (κ1) is 17.9. The number of nitriles is 1. The molecule has 2 aromatic heterocycles. The second-order valence-electron chi connectivity index (χ2n) is 5.84. The number of aromatic amines is 1. The van der Waals surface area contributed by atoms with Crippen molar-refractivity contribution in [2.45, 2.75) is 13.5 Å². The number of pyridine rings is 1. The van der Waals surface area contributed by atoms with E-state index in [0.717, 1.165) is 0 Å². The average molecular weight is 365 g/mol. The molecule has 0 unspecified atom stereocenters. The predicted octanol–water partition coefficient (Wildman–Crippen LogP) is 2.38. The van der Waals surface area contributed by atoms with Gasteiger partial charge in [-0.2, -0.15) is 9.94 Å². The Bertz CT molecular complexity index is 1120. The molecule has 0 amide bonds. The molecule has 0 spiro atoms. The van der Waals surface area contributed by atoms with Crippen molar-refractivity contribution in [2.24, 2.45) is 0 Å². The molecule has 3 aromatic rings. The van der Waals surface area contributed by atoms with Crippen LogP contribution in [0.5, 0.6) is 5.75 Å². The molecule has 3 rings (SSSR count). The minimum Gasteiger partial charge on any atom is -0.496 e. The summed E-state index contributed by atoms with van der Waals surface area (Å²) in [6, 6.07) is 10.2. The zero-order chi connectivity index (χ0) is 19.6. The maximum absolute atomic E-state index is 12.1. The number of aromatic nitrogens is 3. The first-order valence-corrected chi connectivity index (χ1v) is 7.92. The van der Waals surface area contributed by atoms with Crippen molar-refractivity contribution in [3.8, 4) is 22.9 Å². The summed E-state index contributed by atoms with van der Waals surface area (Å²) in [6.45, 7) is 1.97. The summed E-state index contributed by atoms with van der Waals surface area (Å²) in [5, 5.41) is 24.0. The Hall–Kier alpha value is -3.93. The van der Waals surface area contributed by atoms with Crippen LogP contribution in [0, 0.1) is 28.4 Å². The fourth-order valence-corrected chi connectivity index (χ4v) is 2.81. The molecule has 0 radical (unpaired) electrons. The third-order valence-corrected chi connectivity index (χ3v) is 4.02. The first-order chi connectivity index (χ1) is 12.9. The SMILES string of the molecule is COc1ccc(-c2cc(C)[nH]c(=O)c2C#N)cc1Cn1ccc([N+](=O)[O-])n1. The summed E-state index contributed by atoms with van der Waals surface area (Å²) in [4.78, 5) is 24.9. The Morgan fingerprint density at radius 1 is 1.37 bits per heavy atom. The zero-order valence-corrected chi connectivity index (χ0v) is 14.6. The third-order valence-electron chi connectivity index (χ3n) is 4.02. The number of hydrogen-bond donors (Lipinski definition) is 1. The van der Waals surface area contributed by atoms with E-state index in [9.17, 15) is 20.2 Å². The summed E-state index contributed by atoms with van der Waals surface area (Å²) in [5.74, 6) is 0.319. The summed E-state index contributed by atoms with van der Waals surface area (Å²) in [5.41, 5.74) is 2.08. The molecule has 0 aliphatic heterocycles. The van der Waals surface area contributed by atoms with Gasteiger partial charge >= 0.3 is 5.82 Å². The highest BCUT2D eigenvalue weighted by molar-refractivity contribution is 5.71. The molecule has 0 atom stereocenters. The molecule has 0 aliphatic carbocycles. The summed E-state index contributed by atoms with van der Waals surface area (Å²) in [7, 11) is 1.52. The number of rotatable bonds is 5. The maximum Gasteiger partial charge on any atom is 0.389 e. The van der Waals surface area contributed by atoms with Gasteiger partial charge < -0.3 is 19.8 Å². The molecule has 136 valence electrons. The standard InChI is InChI=1S/C18H15N5O4/c1-11-7-14(15(9-19)18(24)20-11)12-3-4-16(27-2)13(8-12)10-22-6-5-17(21-22)23(25)26/h3-8H,10H2,1-2H3,(H,20,24). The fourth-order valence-electron chi connectivity index (χ4n) is 2.81. The Morgan fingerprint density at radius 3 is 2.78 bits per heavy atom. The molecule has 1 N–H and O–H groups in total. The van der Waals surface area contributed by atoms with E-state index in [1.165, 1.54) is 24.1 Å². The van der Waals surface area contributed by atoms with Crippen LogP contribution in [0.15, 0.2) is 41.3 Å². The zero-order valence-electron chi connectivity index (χ0n) is 14.6. The number of hydrogen-bond acceptors (Lipinski definition) is 6. The predicted molar refractivity (Wildman–Crippen MR) is 96.5 cm³/mol. The van der Waals surface area contributed by atoms with Gasteiger partial charge in [0, 0.05) is 16.8 Å². The lowest BCUT2D eigenvalue weighted by molar-refractivity contribution is -0.389. The highest BCUT2D eigenvalue weighted by Crippen LogP contribution is 2.29. The van der Waals surface area contributed by atoms with Gasteiger partial charge in [-0.1, -0.05) is 6.07 Å². The largest absolute Gasteiger partial charge is 0.496 e. The molecule has 9 nitrogen and oxygen atoms in total. The highest BCUT2D eigenvalue weighted by atomic mass is 16.6. The van der Waals surface area contributed by atoms with E-state index in [4.69, 9.17) is 4.74 Å². The van der Waals surface area contributed by atoms with Gasteiger partial charge in [-0.05, 0) is 35.6 Å². The number of H-pyrrole nitrogens is 1. The molecule has 0 fully saturated rings. The molecule has 0 saturated heterocycles. The summed E-state index contributed by atoms with van der Waals surface area (Å²) < 4.78 is 6.78. The Kier molecular flexibility index (Phi) is 4.72. The second-order valence-corrected chi connectivity index (χ2v) is 5.84. The van der Waals surface area contributed by atoms with Gasteiger partial charge in [0.05, 0.1) is 31.0 Å². The van der Waals surface area contributed by atoms with Crippen LogP contribution in [-0.4, -0.2) is 26.8 Å². The number of benzene rings is 1. The molecule has 1 aromatic carbocycles. The van der Waals surface area contributed by atoms with E-state index in [0.29, 0.717) is 28.1 Å². The van der Waals surface area contributed by atoms with E-state index in [1.54, 1.807) is 31.2 Å². The molecule has 2 heterocycles. The van der Waals surface area contributed by atoms with Crippen LogP contribution in [0.2, 0.25) is 0 Å². The maximum atomic E-state index is 12.1. The van der Waals surface area contributed by atoms with Gasteiger partial charge in [0.25, 0.3) is 5.56 Å². The molecule has 0 saturated carbocycles. The number of nitro groups is 1. The summed E-state index contributed by atoms with van der Waals surface area (Å²) in [6.07, 6.45) is 1.50. The van der Waals surface area contributed by atoms with Crippen LogP contribution in [0.3, 0.4) is 0 Å². The van der Waals surface area contributed by atoms with Crippen LogP contribution in [0.25, 0.3) is 11.1 Å². The van der Waals surface area contributed by atoms with E-state index in [2.05, 4.69) is 10.1 Å². The second kappa shape index (κ2) is 7.13. The molecule has 9 heteroatoms. The van der Waals surface area contributed by atoms with Crippen LogP contribution >= 0.6 is 0 Å². The van der Waals surface area contributed by atoms with Crippen molar-refractivity contribution in [1.82, 2.24) is 14.8 Å². The fraction of sp³-hybridized carbons (Fsp3) is 0.167. The third kappa shape index (κ3) is 3.55. The van der Waals surface area contributed by atoms with Gasteiger partial charge in [-0.25, -0.2) is 0 Å². The molecule has 0 aliphatic rings. The smallest absolute Gasteiger partial charge is 0.389 e. The van der Waals surface area contributed by atoms with Gasteiger partial charge in [0.2, 0.25) is 0 Å². The quantitative estimate of drug-likeness (QED) is 0.546. The van der Waals surface area contributed by atoms with Gasteiger partial charge in [0.15, 0.2) is 0 Å². The van der Waals surface area contributed by atoms with Crippen molar-refractivity contribution in [1.29, 1.82) is 5.26 Å². The van der Waals surface area contributed by atoms with Crippen molar-refractivity contribution in [3.05, 3.63) is 73.8 Å². The topological polar surface area (TPSA) is 127 Å². The van der Waals surface area contributed by atoms with Crippen molar-refractivity contribution in [2.75, 3.05) is 7.11 Å². The Balaban J connectivity index is 2.08. The molecular formula is C18H15N5O4. The van der Waals surface area contributed by atoms with Crippen molar-refractivity contribution >= 4 is 5.82 Å². The Morgan fingerprint density at radius 2 is 2.15 bits per heavy atom. The van der Waals surface area contributed by atoms with Crippen molar-refractivity contribution < 1.29 is 9.66 Å². The number of nitrogens with zero attached hydrogens (tertiary/aromatic N) is 4. The van der Waals surface area contributed by atoms with Crippen LogP contribution in [0.4, 0.5) is 5.82 Å². The molecule has 0 bridgehead atoms. The van der Waals surface area contributed by atoms with E-state index in [1.807, 2.05) is 6.07 Å². The van der Waals surface area contributed by atoms with Gasteiger partial charge in [-0.3, -0.25) is 4.79 Å². The van der Waals surface area contributed by atoms with Crippen LogP contribution < -0.4 is 10.3 Å².